The Balaban J connectivity index is 2.62. The van der Waals surface area contributed by atoms with Gasteiger partial charge in [-0.05, 0) is 43.6 Å². The lowest BCUT2D eigenvalue weighted by Crippen LogP contribution is -2.41. The summed E-state index contributed by atoms with van der Waals surface area (Å²) in [6.45, 7) is 6.73. The van der Waals surface area contributed by atoms with Gasteiger partial charge in [0.25, 0.3) is 0 Å². The molecule has 3 nitrogen and oxygen atoms in total. The molecular weight excluding hydrogens is 271 g/mol. The summed E-state index contributed by atoms with van der Waals surface area (Å²) in [5, 5.41) is 0. The third kappa shape index (κ3) is 6.41. The van der Waals surface area contributed by atoms with Crippen LogP contribution in [0.5, 0.6) is 0 Å². The van der Waals surface area contributed by atoms with Crippen LogP contribution in [-0.2, 0) is 9.47 Å². The van der Waals surface area contributed by atoms with E-state index in [0.29, 0.717) is 6.54 Å². The van der Waals surface area contributed by atoms with Gasteiger partial charge in [0.2, 0.25) is 0 Å². The summed E-state index contributed by atoms with van der Waals surface area (Å²) in [4.78, 5) is 0. The lowest BCUT2D eigenvalue weighted by molar-refractivity contribution is -0.393. The van der Waals surface area contributed by atoms with Gasteiger partial charge in [0.05, 0.1) is 6.10 Å². The third-order valence-electron chi connectivity index (χ3n) is 3.84. The number of halogens is 3. The Kier molecular flexibility index (Phi) is 6.28. The first kappa shape index (κ1) is 17.7. The Morgan fingerprint density at radius 3 is 2.30 bits per heavy atom. The summed E-state index contributed by atoms with van der Waals surface area (Å²) in [5.41, 5.74) is 5.38. The van der Waals surface area contributed by atoms with Gasteiger partial charge < -0.3 is 10.5 Å². The molecule has 0 saturated carbocycles. The lowest BCUT2D eigenvalue weighted by atomic mass is 9.74. The molecule has 6 heteroatoms. The van der Waals surface area contributed by atoms with E-state index in [1.54, 1.807) is 0 Å². The topological polar surface area (TPSA) is 44.5 Å². The van der Waals surface area contributed by atoms with Crippen LogP contribution in [0, 0.1) is 11.3 Å². The second kappa shape index (κ2) is 7.09. The molecule has 0 aliphatic carbocycles. The van der Waals surface area contributed by atoms with Gasteiger partial charge in [-0.1, -0.05) is 20.8 Å². The van der Waals surface area contributed by atoms with Crippen molar-refractivity contribution >= 4 is 0 Å². The molecule has 120 valence electrons. The molecule has 1 aliphatic heterocycles. The molecule has 0 aromatic carbocycles. The molecule has 0 aromatic heterocycles. The van der Waals surface area contributed by atoms with Crippen molar-refractivity contribution in [1.82, 2.24) is 0 Å². The summed E-state index contributed by atoms with van der Waals surface area (Å²) in [6.07, 6.45) is -2.46. The van der Waals surface area contributed by atoms with Gasteiger partial charge in [-0.2, -0.15) is 0 Å². The van der Waals surface area contributed by atoms with Gasteiger partial charge in [-0.3, -0.25) is 4.74 Å². The second-order valence-electron chi connectivity index (χ2n) is 6.57. The van der Waals surface area contributed by atoms with Crippen LogP contribution in [0.15, 0.2) is 0 Å². The van der Waals surface area contributed by atoms with Crippen LogP contribution in [0.3, 0.4) is 0 Å². The zero-order chi connectivity index (χ0) is 15.4. The van der Waals surface area contributed by atoms with Crippen molar-refractivity contribution in [3.8, 4) is 0 Å². The molecule has 1 heterocycles. The minimum Gasteiger partial charge on any atom is -0.349 e. The Bertz CT molecular complexity index is 289. The van der Waals surface area contributed by atoms with E-state index in [-0.39, 0.29) is 23.9 Å². The fourth-order valence-electron chi connectivity index (χ4n) is 2.61. The number of ether oxygens (including phenoxy) is 2. The molecule has 2 N–H and O–H groups in total. The average Bonchev–Trinajstić information content (AvgIpc) is 2.25. The van der Waals surface area contributed by atoms with Crippen LogP contribution in [0.2, 0.25) is 0 Å². The first-order valence-corrected chi connectivity index (χ1v) is 7.22. The highest BCUT2D eigenvalue weighted by molar-refractivity contribution is 4.82. The van der Waals surface area contributed by atoms with Crippen LogP contribution in [0.4, 0.5) is 13.2 Å². The largest absolute Gasteiger partial charge is 0.524 e. The predicted octanol–water partition coefficient (Wildman–Crippen LogP) is 3.82. The highest BCUT2D eigenvalue weighted by Gasteiger charge is 2.41. The molecule has 0 amide bonds. The summed E-state index contributed by atoms with van der Waals surface area (Å²) in [6, 6.07) is 0. The van der Waals surface area contributed by atoms with Crippen molar-refractivity contribution in [3.63, 3.8) is 0 Å². The molecule has 3 atom stereocenters. The van der Waals surface area contributed by atoms with Crippen LogP contribution >= 0.6 is 0 Å². The molecule has 0 aromatic rings. The maximum Gasteiger partial charge on any atom is 0.524 e. The SMILES string of the molecule is CC(C)(C)C1CC(CCCCN)OC(OC(F)(F)F)C1. The molecule has 1 rings (SSSR count). The van der Waals surface area contributed by atoms with Gasteiger partial charge in [0.15, 0.2) is 6.29 Å². The van der Waals surface area contributed by atoms with E-state index in [1.165, 1.54) is 0 Å². The minimum absolute atomic E-state index is 0.0525. The minimum atomic E-state index is -4.65. The van der Waals surface area contributed by atoms with Crippen LogP contribution in [-0.4, -0.2) is 25.3 Å². The number of alkyl halides is 3. The lowest BCUT2D eigenvalue weighted by Gasteiger charge is -2.41. The third-order valence-corrected chi connectivity index (χ3v) is 3.84. The molecule has 20 heavy (non-hydrogen) atoms. The van der Waals surface area contributed by atoms with Gasteiger partial charge >= 0.3 is 6.36 Å². The number of rotatable bonds is 5. The van der Waals surface area contributed by atoms with Crippen molar-refractivity contribution in [3.05, 3.63) is 0 Å². The average molecular weight is 297 g/mol. The molecule has 0 spiro atoms. The van der Waals surface area contributed by atoms with Gasteiger partial charge in [0, 0.05) is 6.42 Å². The first-order chi connectivity index (χ1) is 9.12. The van der Waals surface area contributed by atoms with Crippen LogP contribution in [0.1, 0.15) is 52.9 Å². The highest BCUT2D eigenvalue weighted by Crippen LogP contribution is 2.40. The Morgan fingerprint density at radius 2 is 1.80 bits per heavy atom. The molecule has 0 bridgehead atoms. The van der Waals surface area contributed by atoms with Gasteiger partial charge in [-0.15, -0.1) is 13.2 Å². The van der Waals surface area contributed by atoms with E-state index in [4.69, 9.17) is 10.5 Å². The van der Waals surface area contributed by atoms with Crippen molar-refractivity contribution in [2.24, 2.45) is 17.1 Å². The summed E-state index contributed by atoms with van der Waals surface area (Å²) in [7, 11) is 0. The first-order valence-electron chi connectivity index (χ1n) is 7.22. The summed E-state index contributed by atoms with van der Waals surface area (Å²) >= 11 is 0. The molecule has 3 unspecified atom stereocenters. The second-order valence-corrected chi connectivity index (χ2v) is 6.57. The van der Waals surface area contributed by atoms with E-state index in [1.807, 2.05) is 20.8 Å². The van der Waals surface area contributed by atoms with Crippen molar-refractivity contribution < 1.29 is 22.6 Å². The molecule has 1 aliphatic rings. The standard InChI is InChI=1S/C14H26F3NO2/c1-13(2,3)10-8-11(6-4-5-7-18)19-12(9-10)20-14(15,16)17/h10-12H,4-9,18H2,1-3H3. The van der Waals surface area contributed by atoms with E-state index in [2.05, 4.69) is 4.74 Å². The van der Waals surface area contributed by atoms with Crippen molar-refractivity contribution in [1.29, 1.82) is 0 Å². The number of unbranched alkanes of at least 4 members (excludes halogenated alkanes) is 1. The Hall–Kier alpha value is -0.330. The summed E-state index contributed by atoms with van der Waals surface area (Å²) in [5.74, 6) is 0.159. The quantitative estimate of drug-likeness (QED) is 0.785. The molecule has 1 fully saturated rings. The van der Waals surface area contributed by atoms with Crippen LogP contribution < -0.4 is 5.73 Å². The maximum absolute atomic E-state index is 12.4. The Morgan fingerprint density at radius 1 is 1.15 bits per heavy atom. The fraction of sp³-hybridized carbons (Fsp3) is 1.00. The molecular formula is C14H26F3NO2. The normalized spacial score (nSPS) is 28.6. The monoisotopic (exact) mass is 297 g/mol. The van der Waals surface area contributed by atoms with Crippen molar-refractivity contribution in [2.75, 3.05) is 6.54 Å². The van der Waals surface area contributed by atoms with E-state index in [0.717, 1.165) is 25.7 Å². The zero-order valence-electron chi connectivity index (χ0n) is 12.5. The molecule has 0 radical (unpaired) electrons. The highest BCUT2D eigenvalue weighted by atomic mass is 19.4. The number of nitrogens with two attached hydrogens (primary N) is 1. The Labute approximate surface area is 119 Å². The zero-order valence-corrected chi connectivity index (χ0v) is 12.5. The smallest absolute Gasteiger partial charge is 0.349 e. The maximum atomic E-state index is 12.4. The van der Waals surface area contributed by atoms with E-state index in [9.17, 15) is 13.2 Å². The van der Waals surface area contributed by atoms with E-state index >= 15 is 0 Å². The van der Waals surface area contributed by atoms with Crippen LogP contribution in [0.25, 0.3) is 0 Å². The van der Waals surface area contributed by atoms with E-state index < -0.39 is 12.7 Å². The summed E-state index contributed by atoms with van der Waals surface area (Å²) < 4.78 is 46.7. The number of hydrogen-bond donors (Lipinski definition) is 1. The fourth-order valence-corrected chi connectivity index (χ4v) is 2.61. The van der Waals surface area contributed by atoms with Crippen molar-refractivity contribution in [2.45, 2.75) is 71.6 Å². The number of hydrogen-bond acceptors (Lipinski definition) is 3. The molecule has 1 saturated heterocycles. The van der Waals surface area contributed by atoms with Gasteiger partial charge in [0.1, 0.15) is 0 Å². The van der Waals surface area contributed by atoms with Gasteiger partial charge in [-0.25, -0.2) is 0 Å². The predicted molar refractivity (Wildman–Crippen MR) is 70.9 cm³/mol.